The Hall–Kier alpha value is -3.46. The smallest absolute Gasteiger partial charge is 0.256 e. The van der Waals surface area contributed by atoms with Gasteiger partial charge in [0, 0.05) is 35.6 Å². The maximum Gasteiger partial charge on any atom is 0.256 e. The molecule has 1 aliphatic rings. The molecule has 0 unspecified atom stereocenters. The van der Waals surface area contributed by atoms with Crippen molar-refractivity contribution in [3.8, 4) is 0 Å². The van der Waals surface area contributed by atoms with Gasteiger partial charge in [-0.2, -0.15) is 0 Å². The Morgan fingerprint density at radius 2 is 1.85 bits per heavy atom. The number of aromatic nitrogens is 1. The first kappa shape index (κ1) is 24.2. The Labute approximate surface area is 191 Å². The van der Waals surface area contributed by atoms with Gasteiger partial charge in [-0.15, -0.1) is 0 Å². The lowest BCUT2D eigenvalue weighted by Gasteiger charge is -2.06. The highest BCUT2D eigenvalue weighted by Gasteiger charge is 2.26. The quantitative estimate of drug-likeness (QED) is 0.161. The normalized spacial score (nSPS) is 13.7. The van der Waals surface area contributed by atoms with Crippen molar-refractivity contribution >= 4 is 35.1 Å². The molecule has 0 saturated heterocycles. The predicted molar refractivity (Wildman–Crippen MR) is 123 cm³/mol. The van der Waals surface area contributed by atoms with Crippen LogP contribution in [0.15, 0.2) is 18.2 Å². The molecule has 1 aromatic heterocycles. The molecule has 0 saturated carbocycles. The monoisotopic (exact) mass is 456 g/mol. The van der Waals surface area contributed by atoms with E-state index in [0.717, 1.165) is 31.2 Å². The van der Waals surface area contributed by atoms with E-state index in [2.05, 4.69) is 15.6 Å². The van der Waals surface area contributed by atoms with Gasteiger partial charge in [-0.05, 0) is 56.5 Å². The number of fused-ring (bicyclic) bond motifs is 1. The third kappa shape index (κ3) is 5.87. The number of aryl methyl sites for hydroxylation is 1. The van der Waals surface area contributed by atoms with Crippen LogP contribution in [0.25, 0.3) is 11.6 Å². The molecule has 2 heterocycles. The van der Waals surface area contributed by atoms with E-state index in [-0.39, 0.29) is 17.7 Å². The number of halogens is 1. The minimum Gasteiger partial charge on any atom is -0.358 e. The van der Waals surface area contributed by atoms with Crippen molar-refractivity contribution < 1.29 is 24.0 Å². The van der Waals surface area contributed by atoms with Gasteiger partial charge in [0.1, 0.15) is 5.82 Å². The molecule has 0 radical (unpaired) electrons. The van der Waals surface area contributed by atoms with E-state index in [1.807, 2.05) is 6.92 Å². The summed E-state index contributed by atoms with van der Waals surface area (Å²) in [6.07, 6.45) is 6.24. The average Bonchev–Trinajstić information content (AvgIpc) is 3.24. The number of hydroxylamine groups is 1. The van der Waals surface area contributed by atoms with Gasteiger partial charge in [-0.1, -0.05) is 19.3 Å². The number of anilines is 1. The Morgan fingerprint density at radius 1 is 1.12 bits per heavy atom. The minimum absolute atomic E-state index is 0.187. The second-order valence-electron chi connectivity index (χ2n) is 8.17. The number of hydrogen-bond donors (Lipinski definition) is 5. The zero-order chi connectivity index (χ0) is 24.0. The van der Waals surface area contributed by atoms with E-state index in [4.69, 9.17) is 5.21 Å². The molecular formula is C24H29FN4O4. The van der Waals surface area contributed by atoms with Crippen molar-refractivity contribution in [2.75, 3.05) is 11.9 Å². The Bertz CT molecular complexity index is 1090. The summed E-state index contributed by atoms with van der Waals surface area (Å²) >= 11 is 0. The van der Waals surface area contributed by atoms with Crippen molar-refractivity contribution in [1.29, 1.82) is 0 Å². The summed E-state index contributed by atoms with van der Waals surface area (Å²) in [6, 6.07) is 4.14. The summed E-state index contributed by atoms with van der Waals surface area (Å²) in [6.45, 7) is 4.15. The van der Waals surface area contributed by atoms with Crippen LogP contribution < -0.4 is 16.1 Å². The molecule has 0 aliphatic carbocycles. The van der Waals surface area contributed by atoms with Crippen molar-refractivity contribution in [3.63, 3.8) is 0 Å². The zero-order valence-corrected chi connectivity index (χ0v) is 18.8. The van der Waals surface area contributed by atoms with Crippen molar-refractivity contribution in [2.24, 2.45) is 0 Å². The molecule has 5 N–H and O–H groups in total. The first-order valence-electron chi connectivity index (χ1n) is 11.0. The lowest BCUT2D eigenvalue weighted by molar-refractivity contribution is -0.129. The van der Waals surface area contributed by atoms with Crippen LogP contribution in [0.4, 0.5) is 10.1 Å². The number of H-pyrrole nitrogens is 1. The molecule has 0 spiro atoms. The minimum atomic E-state index is -0.425. The summed E-state index contributed by atoms with van der Waals surface area (Å²) in [5.74, 6) is -1.30. The third-order valence-electron chi connectivity index (χ3n) is 5.75. The molecule has 0 atom stereocenters. The number of aromatic amines is 1. The number of rotatable bonds is 10. The molecule has 0 bridgehead atoms. The van der Waals surface area contributed by atoms with E-state index >= 15 is 0 Å². The fourth-order valence-corrected chi connectivity index (χ4v) is 3.99. The number of benzene rings is 1. The topological polar surface area (TPSA) is 123 Å². The van der Waals surface area contributed by atoms with Crippen LogP contribution in [0.5, 0.6) is 0 Å². The molecular weight excluding hydrogens is 427 g/mol. The van der Waals surface area contributed by atoms with Crippen LogP contribution in [0.2, 0.25) is 0 Å². The standard InChI is InChI=1S/C24H29FN4O4/c1-14-20(13-18-17-12-16(25)9-10-19(17)28-23(18)31)27-15(2)22(14)24(32)26-11-7-5-3-4-6-8-21(30)29-33/h9-10,12-13,27,33H,3-8,11H2,1-2H3,(H,26,32)(H,28,31)(H,29,30)/b18-13-. The van der Waals surface area contributed by atoms with E-state index in [1.165, 1.54) is 18.2 Å². The number of nitrogens with one attached hydrogen (secondary N) is 4. The number of hydrogen-bond acceptors (Lipinski definition) is 4. The highest BCUT2D eigenvalue weighted by atomic mass is 19.1. The van der Waals surface area contributed by atoms with Crippen molar-refractivity contribution in [2.45, 2.75) is 52.4 Å². The molecule has 0 fully saturated rings. The number of carbonyl (C=O) groups excluding carboxylic acids is 3. The van der Waals surface area contributed by atoms with E-state index in [9.17, 15) is 18.8 Å². The fraction of sp³-hybridized carbons (Fsp3) is 0.375. The third-order valence-corrected chi connectivity index (χ3v) is 5.75. The van der Waals surface area contributed by atoms with E-state index in [1.54, 1.807) is 18.5 Å². The fourth-order valence-electron chi connectivity index (χ4n) is 3.99. The first-order chi connectivity index (χ1) is 15.8. The first-order valence-corrected chi connectivity index (χ1v) is 11.0. The molecule has 2 aromatic rings. The lowest BCUT2D eigenvalue weighted by atomic mass is 10.0. The second-order valence-corrected chi connectivity index (χ2v) is 8.17. The summed E-state index contributed by atoms with van der Waals surface area (Å²) in [7, 11) is 0. The lowest BCUT2D eigenvalue weighted by Crippen LogP contribution is -2.25. The number of unbranched alkanes of at least 4 members (excludes halogenated alkanes) is 4. The van der Waals surface area contributed by atoms with Gasteiger partial charge < -0.3 is 15.6 Å². The highest BCUT2D eigenvalue weighted by molar-refractivity contribution is 6.34. The number of carbonyl (C=O) groups is 3. The van der Waals surface area contributed by atoms with Crippen LogP contribution in [-0.4, -0.2) is 34.5 Å². The molecule has 9 heteroatoms. The highest BCUT2D eigenvalue weighted by Crippen LogP contribution is 2.34. The summed E-state index contributed by atoms with van der Waals surface area (Å²) in [4.78, 5) is 39.2. The van der Waals surface area contributed by atoms with Gasteiger partial charge in [0.05, 0.1) is 11.1 Å². The molecule has 3 amide bonds. The molecule has 176 valence electrons. The van der Waals surface area contributed by atoms with Gasteiger partial charge in [0.15, 0.2) is 0 Å². The van der Waals surface area contributed by atoms with Crippen LogP contribution in [0, 0.1) is 19.7 Å². The second kappa shape index (κ2) is 10.9. The maximum atomic E-state index is 13.7. The molecule has 1 aliphatic heterocycles. The van der Waals surface area contributed by atoms with Gasteiger partial charge >= 0.3 is 0 Å². The summed E-state index contributed by atoms with van der Waals surface area (Å²) in [5, 5.41) is 14.1. The number of amides is 3. The molecule has 3 rings (SSSR count). The van der Waals surface area contributed by atoms with Gasteiger partial charge in [-0.3, -0.25) is 19.6 Å². The average molecular weight is 457 g/mol. The maximum absolute atomic E-state index is 13.7. The largest absolute Gasteiger partial charge is 0.358 e. The summed E-state index contributed by atoms with van der Waals surface area (Å²) < 4.78 is 13.7. The predicted octanol–water partition coefficient (Wildman–Crippen LogP) is 3.84. The Kier molecular flexibility index (Phi) is 8.00. The van der Waals surface area contributed by atoms with Gasteiger partial charge in [0.25, 0.3) is 11.8 Å². The molecule has 1 aromatic carbocycles. The summed E-state index contributed by atoms with van der Waals surface area (Å²) in [5.41, 5.74) is 5.59. The van der Waals surface area contributed by atoms with Crippen LogP contribution in [-0.2, 0) is 9.59 Å². The van der Waals surface area contributed by atoms with Gasteiger partial charge in [-0.25, -0.2) is 9.87 Å². The van der Waals surface area contributed by atoms with Crippen molar-refractivity contribution in [1.82, 2.24) is 15.8 Å². The molecule has 33 heavy (non-hydrogen) atoms. The Morgan fingerprint density at radius 3 is 2.61 bits per heavy atom. The van der Waals surface area contributed by atoms with Crippen LogP contribution in [0.3, 0.4) is 0 Å². The Balaban J connectivity index is 1.57. The van der Waals surface area contributed by atoms with E-state index in [0.29, 0.717) is 53.2 Å². The van der Waals surface area contributed by atoms with Crippen LogP contribution in [0.1, 0.15) is 71.4 Å². The van der Waals surface area contributed by atoms with Gasteiger partial charge in [0.2, 0.25) is 5.91 Å². The molecule has 8 nitrogen and oxygen atoms in total. The van der Waals surface area contributed by atoms with E-state index < -0.39 is 5.82 Å². The zero-order valence-electron chi connectivity index (χ0n) is 18.8. The van der Waals surface area contributed by atoms with Crippen molar-refractivity contribution in [3.05, 3.63) is 52.1 Å². The SMILES string of the molecule is Cc1[nH]c(/C=C2\C(=O)Nc3ccc(F)cc32)c(C)c1C(=O)NCCCCCCCC(=O)NO. The van der Waals surface area contributed by atoms with Crippen LogP contribution >= 0.6 is 0 Å².